The summed E-state index contributed by atoms with van der Waals surface area (Å²) in [6.45, 7) is 8.00. The van der Waals surface area contributed by atoms with Crippen molar-refractivity contribution in [3.05, 3.63) is 51.7 Å². The van der Waals surface area contributed by atoms with Crippen molar-refractivity contribution in [1.29, 1.82) is 0 Å². The third-order valence-corrected chi connectivity index (χ3v) is 8.47. The van der Waals surface area contributed by atoms with Gasteiger partial charge in [0.1, 0.15) is 0 Å². The number of amides is 1. The van der Waals surface area contributed by atoms with Crippen LogP contribution in [0.4, 0.5) is 0 Å². The lowest BCUT2D eigenvalue weighted by molar-refractivity contribution is -0.133. The number of aryl methyl sites for hydroxylation is 2. The van der Waals surface area contributed by atoms with Gasteiger partial charge in [-0.05, 0) is 69.9 Å². The van der Waals surface area contributed by atoms with Crippen molar-refractivity contribution in [2.75, 3.05) is 13.1 Å². The molecule has 0 aliphatic carbocycles. The van der Waals surface area contributed by atoms with Gasteiger partial charge in [0.25, 0.3) is 0 Å². The highest BCUT2D eigenvalue weighted by Gasteiger charge is 2.25. The Morgan fingerprint density at radius 3 is 2.30 bits per heavy atom. The summed E-state index contributed by atoms with van der Waals surface area (Å²) < 4.78 is 27.1. The number of piperidine rings is 1. The van der Waals surface area contributed by atoms with Crippen LogP contribution >= 0.6 is 11.3 Å². The van der Waals surface area contributed by atoms with E-state index in [-0.39, 0.29) is 11.9 Å². The van der Waals surface area contributed by atoms with Crippen molar-refractivity contribution in [3.8, 4) is 0 Å². The maximum atomic E-state index is 12.8. The van der Waals surface area contributed by atoms with Gasteiger partial charge in [0.2, 0.25) is 15.9 Å². The number of thiophene rings is 1. The van der Waals surface area contributed by atoms with Crippen LogP contribution < -0.4 is 0 Å². The molecule has 0 N–H and O–H groups in total. The van der Waals surface area contributed by atoms with Gasteiger partial charge in [0, 0.05) is 35.3 Å². The number of benzene rings is 1. The molecule has 30 heavy (non-hydrogen) atoms. The van der Waals surface area contributed by atoms with Gasteiger partial charge in [0.15, 0.2) is 0 Å². The summed E-state index contributed by atoms with van der Waals surface area (Å²) in [6.07, 6.45) is 3.97. The summed E-state index contributed by atoms with van der Waals surface area (Å²) in [5, 5.41) is 0. The summed E-state index contributed by atoms with van der Waals surface area (Å²) in [7, 11) is -3.41. The van der Waals surface area contributed by atoms with Crippen LogP contribution in [0.3, 0.4) is 0 Å². The summed E-state index contributed by atoms with van der Waals surface area (Å²) in [5.41, 5.74) is 0.983. The highest BCUT2D eigenvalue weighted by atomic mass is 32.2. The first-order valence-corrected chi connectivity index (χ1v) is 13.0. The Balaban J connectivity index is 1.60. The van der Waals surface area contributed by atoms with Gasteiger partial charge >= 0.3 is 0 Å². The van der Waals surface area contributed by atoms with E-state index in [0.717, 1.165) is 24.8 Å². The molecule has 0 unspecified atom stereocenters. The molecule has 1 aromatic heterocycles. The van der Waals surface area contributed by atoms with Gasteiger partial charge in [-0.15, -0.1) is 11.3 Å². The quantitative estimate of drug-likeness (QED) is 0.593. The number of rotatable bonds is 8. The van der Waals surface area contributed by atoms with Gasteiger partial charge in [-0.1, -0.05) is 18.6 Å². The molecule has 3 rings (SSSR count). The first-order chi connectivity index (χ1) is 14.3. The zero-order valence-electron chi connectivity index (χ0n) is 18.1. The fraction of sp³-hybridized carbons (Fsp3) is 0.522. The van der Waals surface area contributed by atoms with E-state index in [2.05, 4.69) is 19.1 Å². The topological polar surface area (TPSA) is 57.7 Å². The van der Waals surface area contributed by atoms with E-state index in [1.165, 1.54) is 9.75 Å². The Labute approximate surface area is 184 Å². The standard InChI is InChI=1S/C23H32N2O3S2/c1-18(2)25(17-21-11-7-19(3)29-21)23(26)14-10-20-8-12-22(13-9-20)30(27,28)24-15-5-4-6-16-24/h7-9,11-13,18H,4-6,10,14-17H2,1-3H3. The van der Waals surface area contributed by atoms with Crippen molar-refractivity contribution >= 4 is 27.3 Å². The fourth-order valence-corrected chi connectivity index (χ4v) is 6.18. The van der Waals surface area contributed by atoms with Crippen molar-refractivity contribution in [1.82, 2.24) is 9.21 Å². The first kappa shape index (κ1) is 23.0. The second-order valence-electron chi connectivity index (χ2n) is 8.24. The Hall–Kier alpha value is -1.70. The molecule has 1 aromatic carbocycles. The monoisotopic (exact) mass is 448 g/mol. The number of sulfonamides is 1. The molecule has 0 atom stereocenters. The molecule has 2 heterocycles. The van der Waals surface area contributed by atoms with Crippen molar-refractivity contribution in [3.63, 3.8) is 0 Å². The molecular weight excluding hydrogens is 416 g/mol. The van der Waals surface area contributed by atoms with Gasteiger partial charge in [-0.25, -0.2) is 8.42 Å². The molecule has 164 valence electrons. The zero-order valence-corrected chi connectivity index (χ0v) is 19.8. The second-order valence-corrected chi connectivity index (χ2v) is 11.5. The van der Waals surface area contributed by atoms with Gasteiger partial charge < -0.3 is 4.90 Å². The predicted octanol–water partition coefficient (Wildman–Crippen LogP) is 4.60. The smallest absolute Gasteiger partial charge is 0.243 e. The van der Waals surface area contributed by atoms with Crippen LogP contribution in [-0.2, 0) is 27.8 Å². The van der Waals surface area contributed by atoms with E-state index < -0.39 is 10.0 Å². The van der Waals surface area contributed by atoms with E-state index >= 15 is 0 Å². The molecule has 0 spiro atoms. The van der Waals surface area contributed by atoms with E-state index in [9.17, 15) is 13.2 Å². The van der Waals surface area contributed by atoms with Crippen molar-refractivity contribution in [2.45, 2.75) is 70.4 Å². The van der Waals surface area contributed by atoms with Crippen molar-refractivity contribution < 1.29 is 13.2 Å². The third kappa shape index (κ3) is 5.71. The summed E-state index contributed by atoms with van der Waals surface area (Å²) in [4.78, 5) is 17.5. The molecule has 7 heteroatoms. The van der Waals surface area contributed by atoms with E-state index in [4.69, 9.17) is 0 Å². The Kier molecular flexibility index (Phi) is 7.71. The normalized spacial score (nSPS) is 15.5. The summed E-state index contributed by atoms with van der Waals surface area (Å²) in [5.74, 6) is 0.126. The Morgan fingerprint density at radius 1 is 1.07 bits per heavy atom. The van der Waals surface area contributed by atoms with Crippen LogP contribution in [-0.4, -0.2) is 42.7 Å². The van der Waals surface area contributed by atoms with Crippen LogP contribution in [0.15, 0.2) is 41.3 Å². The molecule has 1 amide bonds. The first-order valence-electron chi connectivity index (χ1n) is 10.7. The molecule has 0 bridgehead atoms. The molecule has 5 nitrogen and oxygen atoms in total. The van der Waals surface area contributed by atoms with E-state index in [0.29, 0.717) is 37.4 Å². The van der Waals surface area contributed by atoms with Crippen molar-refractivity contribution in [2.24, 2.45) is 0 Å². The van der Waals surface area contributed by atoms with Crippen LogP contribution in [0.2, 0.25) is 0 Å². The Bertz CT molecular complexity index is 943. The largest absolute Gasteiger partial charge is 0.335 e. The maximum absolute atomic E-state index is 12.8. The highest BCUT2D eigenvalue weighted by Crippen LogP contribution is 2.22. The number of carbonyl (C=O) groups excluding carboxylic acids is 1. The molecule has 1 aliphatic rings. The molecule has 1 aliphatic heterocycles. The summed E-state index contributed by atoms with van der Waals surface area (Å²) in [6, 6.07) is 11.3. The van der Waals surface area contributed by atoms with Crippen LogP contribution in [0.1, 0.15) is 54.8 Å². The molecule has 0 radical (unpaired) electrons. The molecule has 1 fully saturated rings. The highest BCUT2D eigenvalue weighted by molar-refractivity contribution is 7.89. The van der Waals surface area contributed by atoms with Gasteiger partial charge in [-0.2, -0.15) is 4.31 Å². The minimum atomic E-state index is -3.41. The minimum Gasteiger partial charge on any atom is -0.335 e. The molecule has 1 saturated heterocycles. The number of hydrogen-bond donors (Lipinski definition) is 0. The van der Waals surface area contributed by atoms with E-state index in [1.807, 2.05) is 30.9 Å². The average molecular weight is 449 g/mol. The third-order valence-electron chi connectivity index (χ3n) is 5.57. The number of nitrogens with zero attached hydrogens (tertiary/aromatic N) is 2. The van der Waals surface area contributed by atoms with Crippen LogP contribution in [0, 0.1) is 6.92 Å². The predicted molar refractivity (Wildman–Crippen MR) is 122 cm³/mol. The molecule has 2 aromatic rings. The lowest BCUT2D eigenvalue weighted by Gasteiger charge is -2.26. The van der Waals surface area contributed by atoms with E-state index in [1.54, 1.807) is 27.8 Å². The number of hydrogen-bond acceptors (Lipinski definition) is 4. The van der Waals surface area contributed by atoms with Gasteiger partial charge in [0.05, 0.1) is 11.4 Å². The second kappa shape index (κ2) is 10.1. The zero-order chi connectivity index (χ0) is 21.7. The molecule has 0 saturated carbocycles. The van der Waals surface area contributed by atoms with Crippen LogP contribution in [0.5, 0.6) is 0 Å². The lowest BCUT2D eigenvalue weighted by Crippen LogP contribution is -2.36. The lowest BCUT2D eigenvalue weighted by atomic mass is 10.1. The van der Waals surface area contributed by atoms with Crippen LogP contribution in [0.25, 0.3) is 0 Å². The Morgan fingerprint density at radius 2 is 1.73 bits per heavy atom. The minimum absolute atomic E-state index is 0.126. The summed E-state index contributed by atoms with van der Waals surface area (Å²) >= 11 is 1.73. The van der Waals surface area contributed by atoms with Gasteiger partial charge in [-0.3, -0.25) is 4.79 Å². The molecular formula is C23H32N2O3S2. The maximum Gasteiger partial charge on any atom is 0.243 e. The number of carbonyl (C=O) groups is 1. The fourth-order valence-electron chi connectivity index (χ4n) is 3.77. The SMILES string of the molecule is Cc1ccc(CN(C(=O)CCc2ccc(S(=O)(=O)N3CCCCC3)cc2)C(C)C)s1. The average Bonchev–Trinajstić information content (AvgIpc) is 3.16.